The first-order valence-electron chi connectivity index (χ1n) is 6.59. The Balaban J connectivity index is 1.82. The topological polar surface area (TPSA) is 29.1 Å². The molecule has 0 spiro atoms. The summed E-state index contributed by atoms with van der Waals surface area (Å²) in [6.45, 7) is 2.68. The zero-order valence-corrected chi connectivity index (χ0v) is 10.5. The highest BCUT2D eigenvalue weighted by molar-refractivity contribution is 5.83. The molecule has 0 saturated carbocycles. The van der Waals surface area contributed by atoms with Crippen LogP contribution in [-0.2, 0) is 11.2 Å². The van der Waals surface area contributed by atoms with Gasteiger partial charge in [0, 0.05) is 12.0 Å². The van der Waals surface area contributed by atoms with Gasteiger partial charge in [-0.1, -0.05) is 37.3 Å². The quantitative estimate of drug-likeness (QED) is 0.863. The molecule has 1 aliphatic rings. The van der Waals surface area contributed by atoms with Crippen molar-refractivity contribution in [1.82, 2.24) is 5.32 Å². The molecule has 1 aromatic rings. The van der Waals surface area contributed by atoms with E-state index in [0.717, 1.165) is 25.7 Å². The fourth-order valence-electron chi connectivity index (χ4n) is 2.55. The maximum absolute atomic E-state index is 11.6. The lowest BCUT2D eigenvalue weighted by Crippen LogP contribution is -2.44. The summed E-state index contributed by atoms with van der Waals surface area (Å²) < 4.78 is 0. The number of carbonyl (C=O) groups is 1. The van der Waals surface area contributed by atoms with E-state index in [4.69, 9.17) is 0 Å². The van der Waals surface area contributed by atoms with Crippen LogP contribution in [0.3, 0.4) is 0 Å². The van der Waals surface area contributed by atoms with Crippen molar-refractivity contribution < 1.29 is 4.79 Å². The molecular weight excluding hydrogens is 210 g/mol. The van der Waals surface area contributed by atoms with E-state index in [9.17, 15) is 4.79 Å². The largest absolute Gasteiger partial charge is 0.307 e. The first-order chi connectivity index (χ1) is 8.29. The predicted molar refractivity (Wildman–Crippen MR) is 70.0 cm³/mol. The zero-order chi connectivity index (χ0) is 12.1. The van der Waals surface area contributed by atoms with E-state index >= 15 is 0 Å². The molecule has 0 radical (unpaired) electrons. The summed E-state index contributed by atoms with van der Waals surface area (Å²) in [5.41, 5.74) is 1.39. The van der Waals surface area contributed by atoms with Crippen LogP contribution in [0.4, 0.5) is 0 Å². The number of nitrogens with one attached hydrogen (secondary N) is 1. The van der Waals surface area contributed by atoms with Crippen LogP contribution in [0.25, 0.3) is 0 Å². The summed E-state index contributed by atoms with van der Waals surface area (Å²) in [6, 6.07) is 11.1. The van der Waals surface area contributed by atoms with Crippen LogP contribution in [0.1, 0.15) is 31.7 Å². The third-order valence-electron chi connectivity index (χ3n) is 3.71. The maximum Gasteiger partial charge on any atom is 0.149 e. The average molecular weight is 231 g/mol. The molecule has 2 rings (SSSR count). The van der Waals surface area contributed by atoms with Crippen molar-refractivity contribution in [3.8, 4) is 0 Å². The van der Waals surface area contributed by atoms with Gasteiger partial charge in [0.05, 0.1) is 6.54 Å². The fraction of sp³-hybridized carbons (Fsp3) is 0.533. The maximum atomic E-state index is 11.6. The molecule has 0 amide bonds. The molecule has 1 heterocycles. The number of piperidine rings is 1. The molecule has 17 heavy (non-hydrogen) atoms. The molecule has 2 heteroatoms. The van der Waals surface area contributed by atoms with Crippen molar-refractivity contribution in [3.05, 3.63) is 35.9 Å². The predicted octanol–water partition coefficient (Wildman–Crippen LogP) is 2.58. The number of rotatable bonds is 4. The van der Waals surface area contributed by atoms with Gasteiger partial charge in [0.2, 0.25) is 0 Å². The van der Waals surface area contributed by atoms with E-state index in [1.165, 1.54) is 5.56 Å². The summed E-state index contributed by atoms with van der Waals surface area (Å²) in [5, 5.41) is 3.35. The van der Waals surface area contributed by atoms with Gasteiger partial charge in [-0.05, 0) is 31.2 Å². The van der Waals surface area contributed by atoms with E-state index in [0.29, 0.717) is 18.4 Å². The first-order valence-corrected chi connectivity index (χ1v) is 6.59. The Morgan fingerprint density at radius 1 is 1.29 bits per heavy atom. The van der Waals surface area contributed by atoms with Crippen molar-refractivity contribution in [2.24, 2.45) is 5.92 Å². The zero-order valence-electron chi connectivity index (χ0n) is 10.5. The number of hydrogen-bond acceptors (Lipinski definition) is 2. The van der Waals surface area contributed by atoms with E-state index in [1.54, 1.807) is 0 Å². The number of ketones is 1. The van der Waals surface area contributed by atoms with Crippen LogP contribution in [0.2, 0.25) is 0 Å². The van der Waals surface area contributed by atoms with Gasteiger partial charge >= 0.3 is 0 Å². The van der Waals surface area contributed by atoms with Crippen molar-refractivity contribution in [3.63, 3.8) is 0 Å². The second kappa shape index (κ2) is 5.97. The van der Waals surface area contributed by atoms with E-state index < -0.39 is 0 Å². The van der Waals surface area contributed by atoms with Gasteiger partial charge in [0.25, 0.3) is 0 Å². The number of benzene rings is 1. The smallest absolute Gasteiger partial charge is 0.149 e. The SMILES string of the molecule is CCC1C[C@H](CCc2ccccc2)NCC1=O. The molecule has 2 atom stereocenters. The van der Waals surface area contributed by atoms with Crippen LogP contribution >= 0.6 is 0 Å². The molecule has 1 N–H and O–H groups in total. The number of carbonyl (C=O) groups excluding carboxylic acids is 1. The fourth-order valence-corrected chi connectivity index (χ4v) is 2.55. The third-order valence-corrected chi connectivity index (χ3v) is 3.71. The summed E-state index contributed by atoms with van der Waals surface area (Å²) in [7, 11) is 0. The van der Waals surface area contributed by atoms with Crippen LogP contribution < -0.4 is 5.32 Å². The highest BCUT2D eigenvalue weighted by Crippen LogP contribution is 2.19. The lowest BCUT2D eigenvalue weighted by atomic mass is 9.87. The second-order valence-corrected chi connectivity index (χ2v) is 4.91. The normalized spacial score (nSPS) is 24.9. The first kappa shape index (κ1) is 12.3. The lowest BCUT2D eigenvalue weighted by Gasteiger charge is -2.28. The van der Waals surface area contributed by atoms with Gasteiger partial charge in [-0.25, -0.2) is 0 Å². The molecule has 0 aliphatic carbocycles. The van der Waals surface area contributed by atoms with E-state index in [2.05, 4.69) is 36.5 Å². The lowest BCUT2D eigenvalue weighted by molar-refractivity contribution is -0.124. The van der Waals surface area contributed by atoms with Crippen LogP contribution in [0.15, 0.2) is 30.3 Å². The monoisotopic (exact) mass is 231 g/mol. The Hall–Kier alpha value is -1.15. The molecule has 2 nitrogen and oxygen atoms in total. The Morgan fingerprint density at radius 2 is 2.06 bits per heavy atom. The van der Waals surface area contributed by atoms with Crippen LogP contribution in [0.5, 0.6) is 0 Å². The minimum absolute atomic E-state index is 0.289. The van der Waals surface area contributed by atoms with Crippen molar-refractivity contribution in [2.45, 2.75) is 38.6 Å². The average Bonchev–Trinajstić information content (AvgIpc) is 2.39. The second-order valence-electron chi connectivity index (χ2n) is 4.91. The van der Waals surface area contributed by atoms with Crippen LogP contribution in [-0.4, -0.2) is 18.4 Å². The molecule has 1 aromatic carbocycles. The highest BCUT2D eigenvalue weighted by atomic mass is 16.1. The van der Waals surface area contributed by atoms with Gasteiger partial charge < -0.3 is 5.32 Å². The van der Waals surface area contributed by atoms with Gasteiger partial charge in [0.15, 0.2) is 0 Å². The Labute approximate surface area is 103 Å². The summed E-state index contributed by atoms with van der Waals surface area (Å²) in [4.78, 5) is 11.6. The summed E-state index contributed by atoms with van der Waals surface area (Å²) in [5.74, 6) is 0.681. The Morgan fingerprint density at radius 3 is 2.76 bits per heavy atom. The summed E-state index contributed by atoms with van der Waals surface area (Å²) >= 11 is 0. The van der Waals surface area contributed by atoms with Gasteiger partial charge in [-0.3, -0.25) is 4.79 Å². The van der Waals surface area contributed by atoms with Gasteiger partial charge in [-0.15, -0.1) is 0 Å². The minimum Gasteiger partial charge on any atom is -0.307 e. The number of hydrogen-bond donors (Lipinski definition) is 1. The minimum atomic E-state index is 0.289. The third kappa shape index (κ3) is 3.40. The molecular formula is C15H21NO. The summed E-state index contributed by atoms with van der Waals surface area (Å²) in [6.07, 6.45) is 4.24. The molecule has 1 saturated heterocycles. The molecule has 0 bridgehead atoms. The van der Waals surface area contributed by atoms with Crippen molar-refractivity contribution >= 4 is 5.78 Å². The Kier molecular flexibility index (Phi) is 4.32. The number of Topliss-reactive ketones (excluding diaryl/α,β-unsaturated/α-hetero) is 1. The molecule has 92 valence electrons. The number of aryl methyl sites for hydroxylation is 1. The molecule has 1 unspecified atom stereocenters. The van der Waals surface area contributed by atoms with Crippen molar-refractivity contribution in [1.29, 1.82) is 0 Å². The molecule has 0 aromatic heterocycles. The van der Waals surface area contributed by atoms with Gasteiger partial charge in [-0.2, -0.15) is 0 Å². The highest BCUT2D eigenvalue weighted by Gasteiger charge is 2.26. The van der Waals surface area contributed by atoms with E-state index in [1.807, 2.05) is 6.07 Å². The van der Waals surface area contributed by atoms with Crippen molar-refractivity contribution in [2.75, 3.05) is 6.54 Å². The van der Waals surface area contributed by atoms with Gasteiger partial charge in [0.1, 0.15) is 5.78 Å². The van der Waals surface area contributed by atoms with Crippen LogP contribution in [0, 0.1) is 5.92 Å². The van der Waals surface area contributed by atoms with E-state index in [-0.39, 0.29) is 5.92 Å². The standard InChI is InChI=1S/C15H21NO/c1-2-13-10-14(16-11-15(13)17)9-8-12-6-4-3-5-7-12/h3-7,13-14,16H,2,8-11H2,1H3/t13?,14-/m0/s1. The molecule has 1 fully saturated rings. The molecule has 1 aliphatic heterocycles. The Bertz CT molecular complexity index is 360.